The summed E-state index contributed by atoms with van der Waals surface area (Å²) in [5.74, 6) is 0.742. The molecule has 0 unspecified atom stereocenters. The fourth-order valence-electron chi connectivity index (χ4n) is 3.00. The molecule has 2 N–H and O–H groups in total. The number of carbonyl (C=O) groups excluding carboxylic acids is 1. The Morgan fingerprint density at radius 3 is 2.95 bits per heavy atom. The van der Waals surface area contributed by atoms with Crippen molar-refractivity contribution in [2.75, 3.05) is 26.2 Å². The van der Waals surface area contributed by atoms with Crippen LogP contribution in [0.15, 0.2) is 18.2 Å². The van der Waals surface area contributed by atoms with Gasteiger partial charge in [0.2, 0.25) is 0 Å². The standard InChI is InChI=1S/C17H24N4O/c1-12-5-8-21(9-6-12)10-7-18-17(22)16-14-11-13(2)3-4-15(14)19-20-16/h3-4,11-12H,5-10H2,1-2H3,(H,18,22)(H,19,20). The van der Waals surface area contributed by atoms with E-state index in [0.717, 1.165) is 42.0 Å². The number of amides is 1. The lowest BCUT2D eigenvalue weighted by molar-refractivity contribution is 0.0941. The molecular weight excluding hydrogens is 276 g/mol. The molecule has 2 aromatic rings. The van der Waals surface area contributed by atoms with Crippen LogP contribution in [0.5, 0.6) is 0 Å². The van der Waals surface area contributed by atoms with E-state index in [1.807, 2.05) is 25.1 Å². The first-order chi connectivity index (χ1) is 10.6. The van der Waals surface area contributed by atoms with E-state index in [-0.39, 0.29) is 5.91 Å². The van der Waals surface area contributed by atoms with Crippen molar-refractivity contribution in [2.45, 2.75) is 26.7 Å². The molecule has 5 heteroatoms. The number of rotatable bonds is 4. The number of nitrogens with zero attached hydrogens (tertiary/aromatic N) is 2. The highest BCUT2D eigenvalue weighted by atomic mass is 16.1. The van der Waals surface area contributed by atoms with Crippen LogP contribution in [0.2, 0.25) is 0 Å². The molecule has 5 nitrogen and oxygen atoms in total. The van der Waals surface area contributed by atoms with Crippen molar-refractivity contribution < 1.29 is 4.79 Å². The molecule has 0 bridgehead atoms. The van der Waals surface area contributed by atoms with Gasteiger partial charge in [-0.1, -0.05) is 18.6 Å². The zero-order valence-corrected chi connectivity index (χ0v) is 13.4. The van der Waals surface area contributed by atoms with Crippen LogP contribution in [-0.4, -0.2) is 47.2 Å². The van der Waals surface area contributed by atoms with Gasteiger partial charge in [-0.3, -0.25) is 9.89 Å². The van der Waals surface area contributed by atoms with Gasteiger partial charge in [-0.05, 0) is 50.9 Å². The molecule has 22 heavy (non-hydrogen) atoms. The Morgan fingerprint density at radius 2 is 2.18 bits per heavy atom. The minimum absolute atomic E-state index is 0.0952. The van der Waals surface area contributed by atoms with Crippen LogP contribution in [0.4, 0.5) is 0 Å². The van der Waals surface area contributed by atoms with E-state index in [1.165, 1.54) is 12.8 Å². The fraction of sp³-hybridized carbons (Fsp3) is 0.529. The predicted molar refractivity (Wildman–Crippen MR) is 88.0 cm³/mol. The summed E-state index contributed by atoms with van der Waals surface area (Å²) in [6.07, 6.45) is 2.52. The summed E-state index contributed by atoms with van der Waals surface area (Å²) in [4.78, 5) is 14.7. The Balaban J connectivity index is 1.56. The molecule has 0 radical (unpaired) electrons. The summed E-state index contributed by atoms with van der Waals surface area (Å²) in [6.45, 7) is 8.20. The van der Waals surface area contributed by atoms with Crippen LogP contribution in [0.1, 0.15) is 35.8 Å². The zero-order valence-electron chi connectivity index (χ0n) is 13.4. The molecular formula is C17H24N4O. The largest absolute Gasteiger partial charge is 0.349 e. The number of aromatic amines is 1. The van der Waals surface area contributed by atoms with Gasteiger partial charge in [-0.15, -0.1) is 0 Å². The molecule has 1 amide bonds. The topological polar surface area (TPSA) is 61.0 Å². The number of carbonyl (C=O) groups is 1. The maximum absolute atomic E-state index is 12.3. The quantitative estimate of drug-likeness (QED) is 0.911. The zero-order chi connectivity index (χ0) is 15.5. The van der Waals surface area contributed by atoms with Crippen molar-refractivity contribution in [2.24, 2.45) is 5.92 Å². The highest BCUT2D eigenvalue weighted by molar-refractivity contribution is 6.04. The van der Waals surface area contributed by atoms with Gasteiger partial charge in [0, 0.05) is 18.5 Å². The first-order valence-electron chi connectivity index (χ1n) is 8.09. The number of likely N-dealkylation sites (tertiary alicyclic amines) is 1. The fourth-order valence-corrected chi connectivity index (χ4v) is 3.00. The molecule has 1 aromatic carbocycles. The predicted octanol–water partition coefficient (Wildman–Crippen LogP) is 2.33. The Morgan fingerprint density at radius 1 is 1.41 bits per heavy atom. The lowest BCUT2D eigenvalue weighted by atomic mass is 9.99. The second kappa shape index (κ2) is 6.48. The maximum atomic E-state index is 12.3. The summed E-state index contributed by atoms with van der Waals surface area (Å²) in [5, 5.41) is 11.0. The number of nitrogens with one attached hydrogen (secondary N) is 2. The molecule has 1 aromatic heterocycles. The lowest BCUT2D eigenvalue weighted by Gasteiger charge is -2.30. The summed E-state index contributed by atoms with van der Waals surface area (Å²) < 4.78 is 0. The van der Waals surface area contributed by atoms with E-state index in [9.17, 15) is 4.79 Å². The number of hydrogen-bond donors (Lipinski definition) is 2. The van der Waals surface area contributed by atoms with Crippen molar-refractivity contribution in [1.29, 1.82) is 0 Å². The maximum Gasteiger partial charge on any atom is 0.272 e. The molecule has 1 aliphatic rings. The van der Waals surface area contributed by atoms with Gasteiger partial charge >= 0.3 is 0 Å². The summed E-state index contributed by atoms with van der Waals surface area (Å²) in [7, 11) is 0. The van der Waals surface area contributed by atoms with Gasteiger partial charge in [0.15, 0.2) is 5.69 Å². The summed E-state index contributed by atoms with van der Waals surface area (Å²) in [6, 6.07) is 5.97. The Kier molecular flexibility index (Phi) is 4.43. The van der Waals surface area contributed by atoms with Gasteiger partial charge in [-0.25, -0.2) is 0 Å². The second-order valence-corrected chi connectivity index (χ2v) is 6.40. The average molecular weight is 300 g/mol. The van der Waals surface area contributed by atoms with E-state index in [0.29, 0.717) is 12.2 Å². The number of H-pyrrole nitrogens is 1. The minimum Gasteiger partial charge on any atom is -0.349 e. The highest BCUT2D eigenvalue weighted by Gasteiger charge is 2.17. The molecule has 3 rings (SSSR count). The number of aromatic nitrogens is 2. The average Bonchev–Trinajstić information content (AvgIpc) is 2.92. The lowest BCUT2D eigenvalue weighted by Crippen LogP contribution is -2.39. The molecule has 118 valence electrons. The third-order valence-corrected chi connectivity index (χ3v) is 4.52. The van der Waals surface area contributed by atoms with E-state index in [4.69, 9.17) is 0 Å². The van der Waals surface area contributed by atoms with Crippen LogP contribution in [0, 0.1) is 12.8 Å². The van der Waals surface area contributed by atoms with Crippen LogP contribution in [0.25, 0.3) is 10.9 Å². The molecule has 2 heterocycles. The molecule has 0 atom stereocenters. The number of piperidine rings is 1. The van der Waals surface area contributed by atoms with E-state index in [1.54, 1.807) is 0 Å². The summed E-state index contributed by atoms with van der Waals surface area (Å²) in [5.41, 5.74) is 2.53. The van der Waals surface area contributed by atoms with E-state index < -0.39 is 0 Å². The van der Waals surface area contributed by atoms with Crippen molar-refractivity contribution >= 4 is 16.8 Å². The second-order valence-electron chi connectivity index (χ2n) is 6.40. The Bertz CT molecular complexity index is 656. The van der Waals surface area contributed by atoms with Crippen LogP contribution in [-0.2, 0) is 0 Å². The van der Waals surface area contributed by atoms with Gasteiger partial charge in [0.05, 0.1) is 5.52 Å². The van der Waals surface area contributed by atoms with E-state index in [2.05, 4.69) is 27.3 Å². The first kappa shape index (κ1) is 15.0. The Labute approximate surface area is 131 Å². The third kappa shape index (κ3) is 3.30. The molecule has 1 saturated heterocycles. The monoisotopic (exact) mass is 300 g/mol. The normalized spacial score (nSPS) is 17.0. The number of hydrogen-bond acceptors (Lipinski definition) is 3. The molecule has 0 saturated carbocycles. The minimum atomic E-state index is -0.0952. The van der Waals surface area contributed by atoms with Crippen molar-refractivity contribution in [3.8, 4) is 0 Å². The van der Waals surface area contributed by atoms with Crippen LogP contribution < -0.4 is 5.32 Å². The highest BCUT2D eigenvalue weighted by Crippen LogP contribution is 2.17. The number of benzene rings is 1. The number of fused-ring (bicyclic) bond motifs is 1. The SMILES string of the molecule is Cc1ccc2[nH]nc(C(=O)NCCN3CCC(C)CC3)c2c1. The molecule has 0 aliphatic carbocycles. The van der Waals surface area contributed by atoms with Gasteiger partial charge in [0.25, 0.3) is 5.91 Å². The first-order valence-corrected chi connectivity index (χ1v) is 8.09. The molecule has 1 fully saturated rings. The number of aryl methyl sites for hydroxylation is 1. The smallest absolute Gasteiger partial charge is 0.272 e. The Hall–Kier alpha value is -1.88. The van der Waals surface area contributed by atoms with E-state index >= 15 is 0 Å². The van der Waals surface area contributed by atoms with Gasteiger partial charge < -0.3 is 10.2 Å². The van der Waals surface area contributed by atoms with Crippen molar-refractivity contribution in [1.82, 2.24) is 20.4 Å². The van der Waals surface area contributed by atoms with Crippen LogP contribution in [0.3, 0.4) is 0 Å². The van der Waals surface area contributed by atoms with Gasteiger partial charge in [0.1, 0.15) is 0 Å². The van der Waals surface area contributed by atoms with Crippen molar-refractivity contribution in [3.05, 3.63) is 29.5 Å². The van der Waals surface area contributed by atoms with Crippen LogP contribution >= 0.6 is 0 Å². The summed E-state index contributed by atoms with van der Waals surface area (Å²) >= 11 is 0. The molecule has 1 aliphatic heterocycles. The molecule has 0 spiro atoms. The van der Waals surface area contributed by atoms with Crippen molar-refractivity contribution in [3.63, 3.8) is 0 Å². The third-order valence-electron chi connectivity index (χ3n) is 4.52. The van der Waals surface area contributed by atoms with Gasteiger partial charge in [-0.2, -0.15) is 5.10 Å².